The molecule has 128 valence electrons. The first-order valence-electron chi connectivity index (χ1n) is 6.68. The average Bonchev–Trinajstić information content (AvgIpc) is 2.51. The molecule has 0 aromatic carbocycles. The Morgan fingerprint density at radius 1 is 1.52 bits per heavy atom. The number of ether oxygens (including phenoxy) is 1. The predicted octanol–water partition coefficient (Wildman–Crippen LogP) is -1.50. The molecule has 1 aliphatic rings. The van der Waals surface area contributed by atoms with Gasteiger partial charge >= 0.3 is 5.97 Å². The van der Waals surface area contributed by atoms with E-state index in [1.165, 1.54) is 6.92 Å². The number of carbonyl (C=O) groups excluding carboxylic acids is 1. The highest BCUT2D eigenvalue weighted by Gasteiger charge is 2.43. The maximum absolute atomic E-state index is 11.4. The molecule has 11 heteroatoms. The smallest absolute Gasteiger partial charge is 0.370 e. The number of aliphatic hydroxyl groups excluding tert-OH is 3. The van der Waals surface area contributed by atoms with E-state index in [0.717, 1.165) is 6.08 Å². The van der Waals surface area contributed by atoms with E-state index in [4.69, 9.17) is 20.5 Å². The number of carboxylic acid groups (broad SMARTS) is 1. The van der Waals surface area contributed by atoms with Gasteiger partial charge in [0.1, 0.15) is 18.3 Å². The van der Waals surface area contributed by atoms with Gasteiger partial charge in [-0.05, 0) is 11.6 Å². The fourth-order valence-corrected chi connectivity index (χ4v) is 2.25. The second-order valence-electron chi connectivity index (χ2n) is 4.96. The van der Waals surface area contributed by atoms with Crippen molar-refractivity contribution in [1.29, 1.82) is 0 Å². The van der Waals surface area contributed by atoms with Gasteiger partial charge < -0.3 is 30.5 Å². The van der Waals surface area contributed by atoms with Crippen molar-refractivity contribution in [1.82, 2.24) is 5.32 Å². The fourth-order valence-electron chi connectivity index (χ4n) is 2.25. The van der Waals surface area contributed by atoms with Crippen LogP contribution in [-0.2, 0) is 14.3 Å². The van der Waals surface area contributed by atoms with E-state index in [1.807, 2.05) is 0 Å². The van der Waals surface area contributed by atoms with Crippen molar-refractivity contribution in [3.05, 3.63) is 22.3 Å². The van der Waals surface area contributed by atoms with Crippen LogP contribution in [0.2, 0.25) is 0 Å². The summed E-state index contributed by atoms with van der Waals surface area (Å²) in [5.41, 5.74) is 8.42. The van der Waals surface area contributed by atoms with Gasteiger partial charge in [-0.1, -0.05) is 5.11 Å². The number of aliphatic carboxylic acids is 1. The summed E-state index contributed by atoms with van der Waals surface area (Å²) in [6.45, 7) is 0.216. The minimum absolute atomic E-state index is 0.194. The number of aliphatic hydroxyl groups is 3. The van der Waals surface area contributed by atoms with Gasteiger partial charge in [-0.25, -0.2) is 4.79 Å². The molecule has 5 N–H and O–H groups in total. The molecule has 0 aliphatic carbocycles. The summed E-state index contributed by atoms with van der Waals surface area (Å²) in [4.78, 5) is 25.1. The highest BCUT2D eigenvalue weighted by molar-refractivity contribution is 5.84. The van der Waals surface area contributed by atoms with E-state index < -0.39 is 54.5 Å². The van der Waals surface area contributed by atoms with Crippen LogP contribution in [0.3, 0.4) is 0 Å². The standard InChI is InChI=1S/C12H18N4O7/c1-5(18)15-9-6(3-14-16-13)2-8(12(21)22)23-11(9)10(20)7(19)4-17/h2,6-7,9-11,17,19-20H,3-4H2,1H3,(H,15,18)(H,21,22). The first-order valence-corrected chi connectivity index (χ1v) is 6.68. The van der Waals surface area contributed by atoms with Crippen molar-refractivity contribution in [3.8, 4) is 0 Å². The fraction of sp³-hybridized carbons (Fsp3) is 0.667. The third kappa shape index (κ3) is 4.83. The van der Waals surface area contributed by atoms with E-state index in [0.29, 0.717) is 0 Å². The first kappa shape index (κ1) is 18.7. The minimum Gasteiger partial charge on any atom is -0.478 e. The van der Waals surface area contributed by atoms with Gasteiger partial charge in [0, 0.05) is 24.3 Å². The Labute approximate surface area is 130 Å². The normalized spacial score (nSPS) is 26.1. The Bertz CT molecular complexity index is 532. The van der Waals surface area contributed by atoms with Crippen LogP contribution in [0.5, 0.6) is 0 Å². The Morgan fingerprint density at radius 2 is 2.17 bits per heavy atom. The van der Waals surface area contributed by atoms with Crippen molar-refractivity contribution in [3.63, 3.8) is 0 Å². The summed E-state index contributed by atoms with van der Waals surface area (Å²) in [5.74, 6) is -3.21. The molecule has 0 aromatic rings. The van der Waals surface area contributed by atoms with Crippen molar-refractivity contribution in [2.24, 2.45) is 11.0 Å². The largest absolute Gasteiger partial charge is 0.478 e. The summed E-state index contributed by atoms with van der Waals surface area (Å²) in [6.07, 6.45) is -3.47. The molecule has 1 amide bonds. The predicted molar refractivity (Wildman–Crippen MR) is 74.8 cm³/mol. The lowest BCUT2D eigenvalue weighted by molar-refractivity contribution is -0.147. The van der Waals surface area contributed by atoms with Crippen LogP contribution in [0.4, 0.5) is 0 Å². The maximum atomic E-state index is 11.4. The van der Waals surface area contributed by atoms with Gasteiger partial charge in [0.15, 0.2) is 0 Å². The SMILES string of the molecule is CC(=O)NC1C(CN=[N+]=[N-])C=C(C(=O)O)OC1C(O)C(O)CO. The van der Waals surface area contributed by atoms with E-state index in [1.54, 1.807) is 0 Å². The summed E-state index contributed by atoms with van der Waals surface area (Å²) in [5, 5.41) is 43.5. The molecule has 23 heavy (non-hydrogen) atoms. The van der Waals surface area contributed by atoms with Gasteiger partial charge in [-0.2, -0.15) is 0 Å². The molecule has 0 saturated heterocycles. The molecule has 0 radical (unpaired) electrons. The number of carbonyl (C=O) groups is 2. The summed E-state index contributed by atoms with van der Waals surface area (Å²) < 4.78 is 5.15. The molecule has 5 unspecified atom stereocenters. The van der Waals surface area contributed by atoms with Crippen LogP contribution in [0.25, 0.3) is 10.4 Å². The minimum atomic E-state index is -1.67. The second-order valence-corrected chi connectivity index (χ2v) is 4.96. The van der Waals surface area contributed by atoms with Crippen LogP contribution in [0, 0.1) is 5.92 Å². The van der Waals surface area contributed by atoms with Crippen LogP contribution >= 0.6 is 0 Å². The molecular weight excluding hydrogens is 312 g/mol. The highest BCUT2D eigenvalue weighted by atomic mass is 16.5. The lowest BCUT2D eigenvalue weighted by Gasteiger charge is -2.39. The van der Waals surface area contributed by atoms with Crippen LogP contribution in [-0.4, -0.2) is 69.8 Å². The molecule has 11 nitrogen and oxygen atoms in total. The molecule has 5 atom stereocenters. The molecule has 0 saturated carbocycles. The second kappa shape index (κ2) is 8.34. The zero-order valence-electron chi connectivity index (χ0n) is 12.2. The van der Waals surface area contributed by atoms with E-state index in [-0.39, 0.29) is 6.54 Å². The zero-order valence-corrected chi connectivity index (χ0v) is 12.2. The summed E-state index contributed by atoms with van der Waals surface area (Å²) >= 11 is 0. The molecule has 0 spiro atoms. The number of rotatable bonds is 7. The molecule has 0 bridgehead atoms. The van der Waals surface area contributed by atoms with Crippen molar-refractivity contribution in [2.75, 3.05) is 13.2 Å². The van der Waals surface area contributed by atoms with Crippen molar-refractivity contribution >= 4 is 11.9 Å². The number of hydrogen-bond donors (Lipinski definition) is 5. The number of azide groups is 1. The molecule has 1 rings (SSSR count). The molecule has 0 fully saturated rings. The molecular formula is C12H18N4O7. The van der Waals surface area contributed by atoms with Gasteiger partial charge in [0.05, 0.1) is 12.6 Å². The summed E-state index contributed by atoms with van der Waals surface area (Å²) in [7, 11) is 0. The quantitative estimate of drug-likeness (QED) is 0.213. The highest BCUT2D eigenvalue weighted by Crippen LogP contribution is 2.27. The number of nitrogens with one attached hydrogen (secondary N) is 1. The van der Waals surface area contributed by atoms with Crippen LogP contribution in [0.15, 0.2) is 16.9 Å². The summed E-state index contributed by atoms with van der Waals surface area (Å²) in [6, 6.07) is -0.961. The number of amides is 1. The van der Waals surface area contributed by atoms with E-state index in [2.05, 4.69) is 15.3 Å². The monoisotopic (exact) mass is 330 g/mol. The van der Waals surface area contributed by atoms with Crippen LogP contribution in [0.1, 0.15) is 6.92 Å². The van der Waals surface area contributed by atoms with Gasteiger partial charge in [0.2, 0.25) is 11.7 Å². The Balaban J connectivity index is 3.21. The molecule has 1 aliphatic heterocycles. The number of nitrogens with zero attached hydrogens (tertiary/aromatic N) is 3. The number of hydrogen-bond acceptors (Lipinski definition) is 7. The van der Waals surface area contributed by atoms with Crippen molar-refractivity contribution in [2.45, 2.75) is 31.3 Å². The van der Waals surface area contributed by atoms with Crippen LogP contribution < -0.4 is 5.32 Å². The maximum Gasteiger partial charge on any atom is 0.370 e. The van der Waals surface area contributed by atoms with E-state index in [9.17, 15) is 19.8 Å². The Morgan fingerprint density at radius 3 is 2.65 bits per heavy atom. The third-order valence-corrected chi connectivity index (χ3v) is 3.30. The lowest BCUT2D eigenvalue weighted by Crippen LogP contribution is -2.58. The first-order chi connectivity index (χ1) is 10.8. The Kier molecular flexibility index (Phi) is 6.79. The topological polar surface area (TPSA) is 185 Å². The molecule has 0 aromatic heterocycles. The van der Waals surface area contributed by atoms with Gasteiger partial charge in [-0.15, -0.1) is 0 Å². The van der Waals surface area contributed by atoms with Gasteiger partial charge in [0.25, 0.3) is 0 Å². The van der Waals surface area contributed by atoms with Crippen molar-refractivity contribution < 1.29 is 34.8 Å². The zero-order chi connectivity index (χ0) is 17.6. The van der Waals surface area contributed by atoms with E-state index >= 15 is 0 Å². The van der Waals surface area contributed by atoms with Gasteiger partial charge in [-0.3, -0.25) is 4.79 Å². The Hall–Kier alpha value is -2.33. The lowest BCUT2D eigenvalue weighted by atomic mass is 9.87. The number of carboxylic acids is 1. The average molecular weight is 330 g/mol. The third-order valence-electron chi connectivity index (χ3n) is 3.30. The molecule has 1 heterocycles.